The summed E-state index contributed by atoms with van der Waals surface area (Å²) >= 11 is 1.65. The van der Waals surface area contributed by atoms with E-state index in [0.717, 1.165) is 16.2 Å². The zero-order valence-corrected chi connectivity index (χ0v) is 18.4. The molecule has 0 aromatic heterocycles. The molecule has 0 fully saturated rings. The topological polar surface area (TPSA) is 58.6 Å². The Morgan fingerprint density at radius 2 is 1.76 bits per heavy atom. The SMILES string of the molecule is CCNC(=O)[C@@H](C)N(Cc1ccc(OC)cc1)C(=O)CCSc1ccc(C)cc1. The van der Waals surface area contributed by atoms with Gasteiger partial charge in [-0.3, -0.25) is 9.59 Å². The fourth-order valence-corrected chi connectivity index (χ4v) is 3.71. The molecule has 0 bridgehead atoms. The zero-order chi connectivity index (χ0) is 21.2. The molecule has 0 unspecified atom stereocenters. The van der Waals surface area contributed by atoms with Gasteiger partial charge < -0.3 is 15.0 Å². The number of carbonyl (C=O) groups is 2. The van der Waals surface area contributed by atoms with Gasteiger partial charge in [-0.15, -0.1) is 11.8 Å². The van der Waals surface area contributed by atoms with Gasteiger partial charge in [-0.05, 0) is 50.6 Å². The summed E-state index contributed by atoms with van der Waals surface area (Å²) in [6, 6.07) is 15.3. The maximum atomic E-state index is 13.0. The van der Waals surface area contributed by atoms with Crippen LogP contribution in [0.4, 0.5) is 0 Å². The van der Waals surface area contributed by atoms with Crippen LogP contribution in [0.1, 0.15) is 31.4 Å². The van der Waals surface area contributed by atoms with Crippen molar-refractivity contribution in [2.45, 2.75) is 44.7 Å². The molecule has 0 spiro atoms. The Bertz CT molecular complexity index is 791. The van der Waals surface area contributed by atoms with Crippen molar-refractivity contribution in [2.24, 2.45) is 0 Å². The molecule has 0 aliphatic rings. The van der Waals surface area contributed by atoms with E-state index in [1.54, 1.807) is 30.7 Å². The van der Waals surface area contributed by atoms with E-state index in [-0.39, 0.29) is 11.8 Å². The lowest BCUT2D eigenvalue weighted by molar-refractivity contribution is -0.140. The molecular formula is C23H30N2O3S. The Kier molecular flexibility index (Phi) is 9.06. The second kappa shape index (κ2) is 11.5. The Hall–Kier alpha value is -2.47. The van der Waals surface area contributed by atoms with E-state index < -0.39 is 6.04 Å². The molecule has 6 heteroatoms. The highest BCUT2D eigenvalue weighted by Gasteiger charge is 2.25. The van der Waals surface area contributed by atoms with Crippen LogP contribution in [-0.2, 0) is 16.1 Å². The average Bonchev–Trinajstić information content (AvgIpc) is 2.73. The summed E-state index contributed by atoms with van der Waals surface area (Å²) in [5.74, 6) is 1.26. The normalized spacial score (nSPS) is 11.6. The first-order chi connectivity index (χ1) is 13.9. The summed E-state index contributed by atoms with van der Waals surface area (Å²) < 4.78 is 5.19. The minimum atomic E-state index is -0.533. The van der Waals surface area contributed by atoms with Gasteiger partial charge in [0.15, 0.2) is 0 Å². The maximum absolute atomic E-state index is 13.0. The maximum Gasteiger partial charge on any atom is 0.242 e. The van der Waals surface area contributed by atoms with Gasteiger partial charge in [0.1, 0.15) is 11.8 Å². The number of rotatable bonds is 10. The fourth-order valence-electron chi connectivity index (χ4n) is 2.87. The standard InChI is InChI=1S/C23H30N2O3S/c1-5-24-23(27)18(3)25(16-19-8-10-20(28-4)11-9-19)22(26)14-15-29-21-12-6-17(2)7-13-21/h6-13,18H,5,14-16H2,1-4H3,(H,24,27)/t18-/m1/s1. The van der Waals surface area contributed by atoms with E-state index in [1.165, 1.54) is 5.56 Å². The first-order valence-corrected chi connectivity index (χ1v) is 10.8. The van der Waals surface area contributed by atoms with Gasteiger partial charge in [-0.2, -0.15) is 0 Å². The molecule has 2 aromatic rings. The molecule has 0 aliphatic heterocycles. The number of nitrogens with zero attached hydrogens (tertiary/aromatic N) is 1. The third-order valence-corrected chi connectivity index (χ3v) is 5.65. The Morgan fingerprint density at radius 3 is 2.34 bits per heavy atom. The van der Waals surface area contributed by atoms with Crippen LogP contribution in [0.5, 0.6) is 5.75 Å². The number of likely N-dealkylation sites (N-methyl/N-ethyl adjacent to an activating group) is 1. The largest absolute Gasteiger partial charge is 0.497 e. The molecule has 156 valence electrons. The summed E-state index contributed by atoms with van der Waals surface area (Å²) in [6.07, 6.45) is 0.373. The third-order valence-electron chi connectivity index (χ3n) is 4.64. The van der Waals surface area contributed by atoms with Crippen LogP contribution in [0.15, 0.2) is 53.4 Å². The van der Waals surface area contributed by atoms with Crippen molar-refractivity contribution in [2.75, 3.05) is 19.4 Å². The van der Waals surface area contributed by atoms with Crippen molar-refractivity contribution in [3.8, 4) is 5.75 Å². The molecule has 29 heavy (non-hydrogen) atoms. The summed E-state index contributed by atoms with van der Waals surface area (Å²) in [7, 11) is 1.62. The molecular weight excluding hydrogens is 384 g/mol. The van der Waals surface area contributed by atoms with E-state index >= 15 is 0 Å². The molecule has 1 atom stereocenters. The highest BCUT2D eigenvalue weighted by Crippen LogP contribution is 2.21. The number of ether oxygens (including phenoxy) is 1. The molecule has 0 saturated carbocycles. The first kappa shape index (κ1) is 22.8. The molecule has 0 aliphatic carbocycles. The van der Waals surface area contributed by atoms with Crippen LogP contribution < -0.4 is 10.1 Å². The van der Waals surface area contributed by atoms with Gasteiger partial charge in [0.25, 0.3) is 0 Å². The summed E-state index contributed by atoms with van der Waals surface area (Å²) in [4.78, 5) is 28.1. The van der Waals surface area contributed by atoms with Crippen molar-refractivity contribution < 1.29 is 14.3 Å². The lowest BCUT2D eigenvalue weighted by Crippen LogP contribution is -2.47. The van der Waals surface area contributed by atoms with E-state index in [0.29, 0.717) is 25.3 Å². The number of thioether (sulfide) groups is 1. The van der Waals surface area contributed by atoms with E-state index in [2.05, 4.69) is 36.5 Å². The number of aryl methyl sites for hydroxylation is 1. The number of benzene rings is 2. The van der Waals surface area contributed by atoms with Gasteiger partial charge in [0.05, 0.1) is 7.11 Å². The minimum Gasteiger partial charge on any atom is -0.497 e. The van der Waals surface area contributed by atoms with E-state index in [4.69, 9.17) is 4.74 Å². The Balaban J connectivity index is 2.04. The van der Waals surface area contributed by atoms with Crippen molar-refractivity contribution in [3.63, 3.8) is 0 Å². The van der Waals surface area contributed by atoms with Crippen LogP contribution in [0.2, 0.25) is 0 Å². The van der Waals surface area contributed by atoms with Gasteiger partial charge in [0, 0.05) is 30.2 Å². The number of methoxy groups -OCH3 is 1. The first-order valence-electron chi connectivity index (χ1n) is 9.84. The number of amides is 2. The zero-order valence-electron chi connectivity index (χ0n) is 17.6. The van der Waals surface area contributed by atoms with Crippen molar-refractivity contribution >= 4 is 23.6 Å². The smallest absolute Gasteiger partial charge is 0.242 e. The van der Waals surface area contributed by atoms with Gasteiger partial charge >= 0.3 is 0 Å². The second-order valence-corrected chi connectivity index (χ2v) is 8.02. The fraction of sp³-hybridized carbons (Fsp3) is 0.391. The van der Waals surface area contributed by atoms with Gasteiger partial charge in [-0.1, -0.05) is 29.8 Å². The van der Waals surface area contributed by atoms with Crippen molar-refractivity contribution in [1.82, 2.24) is 10.2 Å². The lowest BCUT2D eigenvalue weighted by atomic mass is 10.1. The predicted octanol–water partition coefficient (Wildman–Crippen LogP) is 4.04. The van der Waals surface area contributed by atoms with Crippen molar-refractivity contribution in [1.29, 1.82) is 0 Å². The highest BCUT2D eigenvalue weighted by atomic mass is 32.2. The molecule has 0 heterocycles. The molecule has 1 N–H and O–H groups in total. The van der Waals surface area contributed by atoms with Crippen LogP contribution in [-0.4, -0.2) is 42.2 Å². The Morgan fingerprint density at radius 1 is 1.10 bits per heavy atom. The minimum absolute atomic E-state index is 0.0285. The molecule has 0 saturated heterocycles. The van der Waals surface area contributed by atoms with Crippen LogP contribution in [0.3, 0.4) is 0 Å². The summed E-state index contributed by atoms with van der Waals surface area (Å²) in [5, 5.41) is 2.81. The second-order valence-electron chi connectivity index (χ2n) is 6.85. The van der Waals surface area contributed by atoms with E-state index in [1.807, 2.05) is 31.2 Å². The third kappa shape index (κ3) is 7.13. The number of hydrogen-bond donors (Lipinski definition) is 1. The van der Waals surface area contributed by atoms with Gasteiger partial charge in [0.2, 0.25) is 11.8 Å². The van der Waals surface area contributed by atoms with Crippen molar-refractivity contribution in [3.05, 3.63) is 59.7 Å². The quantitative estimate of drug-likeness (QED) is 0.596. The highest BCUT2D eigenvalue weighted by molar-refractivity contribution is 7.99. The molecule has 0 radical (unpaired) electrons. The average molecular weight is 415 g/mol. The summed E-state index contributed by atoms with van der Waals surface area (Å²) in [6.45, 7) is 6.63. The molecule has 2 rings (SSSR count). The Labute approximate surface area is 177 Å². The van der Waals surface area contributed by atoms with Crippen LogP contribution in [0.25, 0.3) is 0 Å². The lowest BCUT2D eigenvalue weighted by Gasteiger charge is -2.28. The van der Waals surface area contributed by atoms with Gasteiger partial charge in [-0.25, -0.2) is 0 Å². The molecule has 5 nitrogen and oxygen atoms in total. The monoisotopic (exact) mass is 414 g/mol. The number of carbonyl (C=O) groups excluding carboxylic acids is 2. The summed E-state index contributed by atoms with van der Waals surface area (Å²) in [5.41, 5.74) is 2.17. The molecule has 2 aromatic carbocycles. The van der Waals surface area contributed by atoms with Crippen LogP contribution in [0, 0.1) is 6.92 Å². The predicted molar refractivity (Wildman–Crippen MR) is 118 cm³/mol. The molecule has 2 amide bonds. The number of hydrogen-bond acceptors (Lipinski definition) is 4. The van der Waals surface area contributed by atoms with E-state index in [9.17, 15) is 9.59 Å². The number of nitrogens with one attached hydrogen (secondary N) is 1. The van der Waals surface area contributed by atoms with Crippen LogP contribution >= 0.6 is 11.8 Å².